The summed E-state index contributed by atoms with van der Waals surface area (Å²) < 4.78 is 0. The highest BCUT2D eigenvalue weighted by atomic mass is 35.5. The highest BCUT2D eigenvalue weighted by Gasteiger charge is 2.09. The molecule has 0 spiro atoms. The molecule has 1 aromatic carbocycles. The molecule has 0 unspecified atom stereocenters. The molecule has 1 saturated heterocycles. The Bertz CT molecular complexity index is 438. The summed E-state index contributed by atoms with van der Waals surface area (Å²) in [6, 6.07) is 7.43. The van der Waals surface area contributed by atoms with Crippen LogP contribution in [-0.4, -0.2) is 42.6 Å². The van der Waals surface area contributed by atoms with E-state index in [0.717, 1.165) is 18.8 Å². The molecule has 1 fully saturated rings. The minimum Gasteiger partial charge on any atom is -0.383 e. The number of nitrogens with zero attached hydrogens (tertiary/aromatic N) is 2. The van der Waals surface area contributed by atoms with Crippen molar-refractivity contribution in [3.63, 3.8) is 0 Å². The van der Waals surface area contributed by atoms with Gasteiger partial charge in [0.05, 0.1) is 22.3 Å². The molecule has 18 heavy (non-hydrogen) atoms. The third kappa shape index (κ3) is 3.81. The Labute approximate surface area is 117 Å². The molecule has 1 aromatic rings. The molecule has 0 saturated carbocycles. The van der Waals surface area contributed by atoms with Crippen molar-refractivity contribution < 1.29 is 0 Å². The second kappa shape index (κ2) is 6.89. The maximum absolute atomic E-state index is 8.76. The number of nitrogens with one attached hydrogen (secondary N) is 1. The zero-order valence-electron chi connectivity index (χ0n) is 10.2. The lowest BCUT2D eigenvalue weighted by Gasteiger charge is -2.26. The zero-order valence-corrected chi connectivity index (χ0v) is 11.7. The Balaban J connectivity index is 1.81. The van der Waals surface area contributed by atoms with Gasteiger partial charge in [-0.2, -0.15) is 17.0 Å². The van der Waals surface area contributed by atoms with E-state index in [0.29, 0.717) is 10.6 Å². The van der Waals surface area contributed by atoms with Crippen LogP contribution in [0.3, 0.4) is 0 Å². The van der Waals surface area contributed by atoms with E-state index in [1.165, 1.54) is 24.6 Å². The van der Waals surface area contributed by atoms with Crippen LogP contribution in [0.4, 0.5) is 5.69 Å². The lowest BCUT2D eigenvalue weighted by Crippen LogP contribution is -2.36. The third-order valence-electron chi connectivity index (χ3n) is 2.95. The van der Waals surface area contributed by atoms with Gasteiger partial charge in [-0.3, -0.25) is 4.90 Å². The average molecular weight is 282 g/mol. The van der Waals surface area contributed by atoms with Crippen molar-refractivity contribution in [2.45, 2.75) is 0 Å². The topological polar surface area (TPSA) is 39.1 Å². The van der Waals surface area contributed by atoms with Crippen LogP contribution < -0.4 is 5.32 Å². The summed E-state index contributed by atoms with van der Waals surface area (Å²) in [6.45, 7) is 4.27. The maximum atomic E-state index is 8.76. The summed E-state index contributed by atoms with van der Waals surface area (Å²) >= 11 is 8.12. The van der Waals surface area contributed by atoms with Crippen LogP contribution in [0.25, 0.3) is 0 Å². The van der Waals surface area contributed by atoms with Gasteiger partial charge in [0.15, 0.2) is 0 Å². The van der Waals surface area contributed by atoms with E-state index in [9.17, 15) is 0 Å². The molecule has 1 aliphatic heterocycles. The van der Waals surface area contributed by atoms with Crippen LogP contribution in [0.5, 0.6) is 0 Å². The van der Waals surface area contributed by atoms with E-state index in [4.69, 9.17) is 16.9 Å². The third-order valence-corrected chi connectivity index (χ3v) is 4.20. The van der Waals surface area contributed by atoms with Gasteiger partial charge in [0.1, 0.15) is 0 Å². The van der Waals surface area contributed by atoms with Crippen molar-refractivity contribution in [1.82, 2.24) is 4.90 Å². The number of hydrogen-bond acceptors (Lipinski definition) is 4. The fraction of sp³-hybridized carbons (Fsp3) is 0.462. The van der Waals surface area contributed by atoms with Gasteiger partial charge in [-0.05, 0) is 18.2 Å². The van der Waals surface area contributed by atoms with Gasteiger partial charge in [-0.25, -0.2) is 0 Å². The summed E-state index contributed by atoms with van der Waals surface area (Å²) in [4.78, 5) is 2.46. The molecule has 96 valence electrons. The van der Waals surface area contributed by atoms with Crippen LogP contribution in [-0.2, 0) is 0 Å². The number of hydrogen-bond donors (Lipinski definition) is 1. The highest BCUT2D eigenvalue weighted by molar-refractivity contribution is 7.99. The molecule has 0 aliphatic carbocycles. The van der Waals surface area contributed by atoms with E-state index in [2.05, 4.69) is 16.3 Å². The molecule has 1 aliphatic rings. The van der Waals surface area contributed by atoms with Gasteiger partial charge in [-0.1, -0.05) is 11.6 Å². The Morgan fingerprint density at radius 1 is 1.39 bits per heavy atom. The smallest absolute Gasteiger partial charge is 0.0992 e. The first-order valence-electron chi connectivity index (χ1n) is 6.03. The van der Waals surface area contributed by atoms with Crippen LogP contribution in [0.2, 0.25) is 5.02 Å². The average Bonchev–Trinajstić information content (AvgIpc) is 2.42. The molecule has 0 amide bonds. The Morgan fingerprint density at radius 3 is 2.83 bits per heavy atom. The van der Waals surface area contributed by atoms with Crippen LogP contribution in [0.15, 0.2) is 18.2 Å². The van der Waals surface area contributed by atoms with Crippen molar-refractivity contribution in [3.8, 4) is 6.07 Å². The molecule has 2 rings (SSSR count). The van der Waals surface area contributed by atoms with Crippen molar-refractivity contribution >= 4 is 29.1 Å². The van der Waals surface area contributed by atoms with Gasteiger partial charge in [0, 0.05) is 37.7 Å². The van der Waals surface area contributed by atoms with Gasteiger partial charge >= 0.3 is 0 Å². The number of thioether (sulfide) groups is 1. The number of rotatable bonds is 4. The summed E-state index contributed by atoms with van der Waals surface area (Å²) in [6.07, 6.45) is 0. The predicted molar refractivity (Wildman–Crippen MR) is 78.4 cm³/mol. The molecule has 0 atom stereocenters. The number of halogens is 1. The van der Waals surface area contributed by atoms with Crippen LogP contribution in [0, 0.1) is 11.3 Å². The molecule has 1 heterocycles. The fourth-order valence-corrected chi connectivity index (χ4v) is 3.13. The first-order valence-corrected chi connectivity index (χ1v) is 7.56. The largest absolute Gasteiger partial charge is 0.383 e. The van der Waals surface area contributed by atoms with Crippen molar-refractivity contribution in [2.24, 2.45) is 0 Å². The number of benzene rings is 1. The second-order valence-electron chi connectivity index (χ2n) is 4.19. The minimum absolute atomic E-state index is 0.596. The number of nitriles is 1. The highest BCUT2D eigenvalue weighted by Crippen LogP contribution is 2.22. The normalized spacial score (nSPS) is 16.2. The van der Waals surface area contributed by atoms with E-state index >= 15 is 0 Å². The van der Waals surface area contributed by atoms with Gasteiger partial charge in [0.25, 0.3) is 0 Å². The second-order valence-corrected chi connectivity index (χ2v) is 5.82. The molecule has 5 heteroatoms. The first kappa shape index (κ1) is 13.5. The van der Waals surface area contributed by atoms with E-state index < -0.39 is 0 Å². The first-order chi connectivity index (χ1) is 8.79. The molecule has 0 radical (unpaired) electrons. The van der Waals surface area contributed by atoms with Crippen LogP contribution >= 0.6 is 23.4 Å². The fourth-order valence-electron chi connectivity index (χ4n) is 1.90. The van der Waals surface area contributed by atoms with E-state index in [-0.39, 0.29) is 0 Å². The van der Waals surface area contributed by atoms with Gasteiger partial charge in [0.2, 0.25) is 0 Å². The summed E-state index contributed by atoms with van der Waals surface area (Å²) in [7, 11) is 0. The van der Waals surface area contributed by atoms with Crippen molar-refractivity contribution in [1.29, 1.82) is 5.26 Å². The Kier molecular flexibility index (Phi) is 5.18. The van der Waals surface area contributed by atoms with E-state index in [1.807, 2.05) is 17.8 Å². The molecule has 3 nitrogen and oxygen atoms in total. The van der Waals surface area contributed by atoms with E-state index in [1.54, 1.807) is 12.1 Å². The van der Waals surface area contributed by atoms with Crippen molar-refractivity contribution in [3.05, 3.63) is 28.8 Å². The van der Waals surface area contributed by atoms with Gasteiger partial charge < -0.3 is 5.32 Å². The van der Waals surface area contributed by atoms with Crippen LogP contribution in [0.1, 0.15) is 5.56 Å². The predicted octanol–water partition coefficient (Wildman–Crippen LogP) is 2.67. The Hall–Kier alpha value is -0.890. The van der Waals surface area contributed by atoms with Gasteiger partial charge in [-0.15, -0.1) is 0 Å². The summed E-state index contributed by atoms with van der Waals surface area (Å²) in [5.74, 6) is 2.47. The molecule has 1 N–H and O–H groups in total. The quantitative estimate of drug-likeness (QED) is 0.921. The SMILES string of the molecule is N#Cc1ccc(NCCN2CCSCC2)c(Cl)c1. The van der Waals surface area contributed by atoms with Crippen molar-refractivity contribution in [2.75, 3.05) is 43.0 Å². The number of anilines is 1. The minimum atomic E-state index is 0.596. The monoisotopic (exact) mass is 281 g/mol. The summed E-state index contributed by atoms with van der Waals surface area (Å²) in [5.41, 5.74) is 1.50. The molecule has 0 bridgehead atoms. The molecular weight excluding hydrogens is 266 g/mol. The zero-order chi connectivity index (χ0) is 12.8. The summed E-state index contributed by atoms with van der Waals surface area (Å²) in [5, 5.41) is 12.7. The standard InChI is InChI=1S/C13H16ClN3S/c14-12-9-11(10-15)1-2-13(12)16-3-4-17-5-7-18-8-6-17/h1-2,9,16H,3-8H2. The lowest BCUT2D eigenvalue weighted by molar-refractivity contribution is 0.314. The maximum Gasteiger partial charge on any atom is 0.0992 e. The lowest BCUT2D eigenvalue weighted by atomic mass is 10.2. The molecular formula is C13H16ClN3S. The Morgan fingerprint density at radius 2 is 2.17 bits per heavy atom. The molecule has 0 aromatic heterocycles.